The van der Waals surface area contributed by atoms with E-state index in [0.29, 0.717) is 17.9 Å². The first-order valence-electron chi connectivity index (χ1n) is 7.36. The summed E-state index contributed by atoms with van der Waals surface area (Å²) < 4.78 is 0. The molecule has 0 spiro atoms. The van der Waals surface area contributed by atoms with Crippen LogP contribution in [-0.4, -0.2) is 16.8 Å². The maximum atomic E-state index is 12.4. The minimum absolute atomic E-state index is 0.342. The number of nitrogens with zero attached hydrogens (tertiary/aromatic N) is 1. The van der Waals surface area contributed by atoms with Crippen LogP contribution in [0.2, 0.25) is 0 Å². The molecule has 0 aliphatic heterocycles. The lowest BCUT2D eigenvalue weighted by atomic mass is 9.82. The number of anilines is 1. The lowest BCUT2D eigenvalue weighted by molar-refractivity contribution is -0.134. The van der Waals surface area contributed by atoms with Crippen molar-refractivity contribution in [2.75, 3.05) is 5.73 Å². The Morgan fingerprint density at radius 2 is 2.05 bits per heavy atom. The van der Waals surface area contributed by atoms with E-state index < -0.39 is 0 Å². The number of nitrogens with two attached hydrogens (primary N) is 1. The second-order valence-electron chi connectivity index (χ2n) is 6.00. The molecule has 19 heavy (non-hydrogen) atoms. The van der Waals surface area contributed by atoms with Crippen LogP contribution in [0.25, 0.3) is 0 Å². The lowest BCUT2D eigenvalue weighted by Crippen LogP contribution is -2.34. The van der Waals surface area contributed by atoms with Gasteiger partial charge in [-0.1, -0.05) is 18.6 Å². The third-order valence-corrected chi connectivity index (χ3v) is 4.30. The predicted molar refractivity (Wildman–Crippen MR) is 76.4 cm³/mol. The summed E-state index contributed by atoms with van der Waals surface area (Å²) >= 11 is 0. The van der Waals surface area contributed by atoms with E-state index in [4.69, 9.17) is 5.73 Å². The van der Waals surface area contributed by atoms with Gasteiger partial charge in [0.2, 0.25) is 5.91 Å². The van der Waals surface area contributed by atoms with Gasteiger partial charge in [0.15, 0.2) is 0 Å². The molecule has 1 amide bonds. The molecule has 2 N–H and O–H groups in total. The van der Waals surface area contributed by atoms with Gasteiger partial charge in [-0.05, 0) is 49.3 Å². The van der Waals surface area contributed by atoms with Gasteiger partial charge in [-0.3, -0.25) is 4.79 Å². The average Bonchev–Trinajstić information content (AvgIpc) is 3.15. The van der Waals surface area contributed by atoms with Gasteiger partial charge in [-0.25, -0.2) is 0 Å². The van der Waals surface area contributed by atoms with E-state index in [1.54, 1.807) is 0 Å². The highest BCUT2D eigenvalue weighted by Crippen LogP contribution is 2.33. The molecular weight excluding hydrogens is 236 g/mol. The Balaban J connectivity index is 1.65. The van der Waals surface area contributed by atoms with Gasteiger partial charge >= 0.3 is 0 Å². The molecule has 2 fully saturated rings. The Morgan fingerprint density at radius 1 is 1.26 bits per heavy atom. The minimum atomic E-state index is 0.342. The summed E-state index contributed by atoms with van der Waals surface area (Å²) in [6.07, 6.45) is 6.86. The lowest BCUT2D eigenvalue weighted by Gasteiger charge is -2.29. The van der Waals surface area contributed by atoms with Crippen LogP contribution in [0.4, 0.5) is 5.69 Å². The maximum absolute atomic E-state index is 12.4. The van der Waals surface area contributed by atoms with Gasteiger partial charge in [0.1, 0.15) is 0 Å². The summed E-state index contributed by atoms with van der Waals surface area (Å²) in [5.74, 6) is 0.990. The first-order chi connectivity index (χ1) is 9.22. The van der Waals surface area contributed by atoms with E-state index >= 15 is 0 Å². The normalized spacial score (nSPS) is 18.9. The molecule has 2 aliphatic carbocycles. The van der Waals surface area contributed by atoms with Gasteiger partial charge in [0.05, 0.1) is 0 Å². The standard InChI is InChI=1S/C16H22N2O/c17-14-6-2-5-13(9-14)11-18(15-7-8-15)16(19)10-12-3-1-4-12/h2,5-6,9,12,15H,1,3-4,7-8,10-11,17H2. The van der Waals surface area contributed by atoms with Crippen LogP contribution in [0.15, 0.2) is 24.3 Å². The molecule has 0 radical (unpaired) electrons. The first kappa shape index (κ1) is 12.5. The number of hydrogen-bond donors (Lipinski definition) is 1. The molecule has 2 saturated carbocycles. The highest BCUT2D eigenvalue weighted by atomic mass is 16.2. The van der Waals surface area contributed by atoms with E-state index in [1.165, 1.54) is 32.1 Å². The van der Waals surface area contributed by atoms with Crippen LogP contribution in [0.1, 0.15) is 44.1 Å². The van der Waals surface area contributed by atoms with Gasteiger partial charge in [0.25, 0.3) is 0 Å². The molecule has 0 aromatic heterocycles. The van der Waals surface area contributed by atoms with E-state index in [-0.39, 0.29) is 0 Å². The second kappa shape index (κ2) is 5.24. The average molecular weight is 258 g/mol. The van der Waals surface area contributed by atoms with E-state index in [9.17, 15) is 4.79 Å². The highest BCUT2D eigenvalue weighted by Gasteiger charge is 2.34. The van der Waals surface area contributed by atoms with Crippen LogP contribution >= 0.6 is 0 Å². The van der Waals surface area contributed by atoms with E-state index in [0.717, 1.165) is 24.2 Å². The number of hydrogen-bond acceptors (Lipinski definition) is 2. The third kappa shape index (κ3) is 3.09. The molecule has 0 bridgehead atoms. The van der Waals surface area contributed by atoms with Gasteiger partial charge in [-0.15, -0.1) is 0 Å². The number of carbonyl (C=O) groups excluding carboxylic acids is 1. The SMILES string of the molecule is Nc1cccc(CN(C(=O)CC2CCC2)C2CC2)c1. The number of rotatable bonds is 5. The van der Waals surface area contributed by atoms with Crippen LogP contribution < -0.4 is 5.73 Å². The Hall–Kier alpha value is -1.51. The zero-order chi connectivity index (χ0) is 13.2. The van der Waals surface area contributed by atoms with Crippen molar-refractivity contribution in [1.29, 1.82) is 0 Å². The summed E-state index contributed by atoms with van der Waals surface area (Å²) in [5, 5.41) is 0. The van der Waals surface area contributed by atoms with Crippen molar-refractivity contribution in [2.24, 2.45) is 5.92 Å². The number of amides is 1. The molecule has 0 unspecified atom stereocenters. The summed E-state index contributed by atoms with van der Waals surface area (Å²) in [7, 11) is 0. The summed E-state index contributed by atoms with van der Waals surface area (Å²) in [4.78, 5) is 14.5. The summed E-state index contributed by atoms with van der Waals surface area (Å²) in [6.45, 7) is 0.723. The van der Waals surface area contributed by atoms with E-state index in [2.05, 4.69) is 11.0 Å². The second-order valence-corrected chi connectivity index (χ2v) is 6.00. The molecule has 0 atom stereocenters. The van der Waals surface area contributed by atoms with Crippen molar-refractivity contribution in [2.45, 2.75) is 51.1 Å². The quantitative estimate of drug-likeness (QED) is 0.825. The molecule has 102 valence electrons. The molecule has 3 nitrogen and oxygen atoms in total. The minimum Gasteiger partial charge on any atom is -0.399 e. The number of benzene rings is 1. The fourth-order valence-electron chi connectivity index (χ4n) is 2.76. The Morgan fingerprint density at radius 3 is 2.63 bits per heavy atom. The van der Waals surface area contributed by atoms with Crippen molar-refractivity contribution >= 4 is 11.6 Å². The monoisotopic (exact) mass is 258 g/mol. The van der Waals surface area contributed by atoms with Gasteiger partial charge in [-0.2, -0.15) is 0 Å². The molecule has 3 rings (SSSR count). The van der Waals surface area contributed by atoms with Gasteiger partial charge < -0.3 is 10.6 Å². The van der Waals surface area contributed by atoms with Crippen molar-refractivity contribution in [3.8, 4) is 0 Å². The van der Waals surface area contributed by atoms with Crippen molar-refractivity contribution in [1.82, 2.24) is 4.90 Å². The molecule has 0 saturated heterocycles. The summed E-state index contributed by atoms with van der Waals surface area (Å²) in [6, 6.07) is 8.37. The smallest absolute Gasteiger partial charge is 0.223 e. The van der Waals surface area contributed by atoms with Crippen molar-refractivity contribution in [3.63, 3.8) is 0 Å². The van der Waals surface area contributed by atoms with Crippen molar-refractivity contribution < 1.29 is 4.79 Å². The zero-order valence-electron chi connectivity index (χ0n) is 11.3. The maximum Gasteiger partial charge on any atom is 0.223 e. The van der Waals surface area contributed by atoms with Crippen molar-refractivity contribution in [3.05, 3.63) is 29.8 Å². The fourth-order valence-corrected chi connectivity index (χ4v) is 2.76. The topological polar surface area (TPSA) is 46.3 Å². The molecule has 3 heteroatoms. The Kier molecular flexibility index (Phi) is 3.45. The van der Waals surface area contributed by atoms with Crippen LogP contribution in [0.5, 0.6) is 0 Å². The first-order valence-corrected chi connectivity index (χ1v) is 7.36. The number of carbonyl (C=O) groups is 1. The predicted octanol–water partition coefficient (Wildman–Crippen LogP) is 2.95. The Labute approximate surface area is 114 Å². The third-order valence-electron chi connectivity index (χ3n) is 4.30. The molecular formula is C16H22N2O. The molecule has 0 heterocycles. The van der Waals surface area contributed by atoms with Crippen LogP contribution in [0, 0.1) is 5.92 Å². The zero-order valence-corrected chi connectivity index (χ0v) is 11.3. The van der Waals surface area contributed by atoms with E-state index in [1.807, 2.05) is 18.2 Å². The van der Waals surface area contributed by atoms with Crippen LogP contribution in [0.3, 0.4) is 0 Å². The molecule has 1 aromatic carbocycles. The molecule has 2 aliphatic rings. The fraction of sp³-hybridized carbons (Fsp3) is 0.562. The largest absolute Gasteiger partial charge is 0.399 e. The molecule has 1 aromatic rings. The number of nitrogen functional groups attached to an aromatic ring is 1. The van der Waals surface area contributed by atoms with Gasteiger partial charge in [0, 0.05) is 24.7 Å². The Bertz CT molecular complexity index is 464. The van der Waals surface area contributed by atoms with Crippen LogP contribution in [-0.2, 0) is 11.3 Å². The highest BCUT2D eigenvalue weighted by molar-refractivity contribution is 5.77. The summed E-state index contributed by atoms with van der Waals surface area (Å²) in [5.41, 5.74) is 7.73.